The fourth-order valence-electron chi connectivity index (χ4n) is 1.88. The molecule has 104 valence electrons. The summed E-state index contributed by atoms with van der Waals surface area (Å²) in [6.07, 6.45) is 0. The summed E-state index contributed by atoms with van der Waals surface area (Å²) in [4.78, 5) is 12.4. The van der Waals surface area contributed by atoms with E-state index in [9.17, 15) is 10.1 Å². The van der Waals surface area contributed by atoms with E-state index >= 15 is 0 Å². The van der Waals surface area contributed by atoms with E-state index in [1.54, 1.807) is 12.1 Å². The lowest BCUT2D eigenvalue weighted by Gasteiger charge is -2.15. The van der Waals surface area contributed by atoms with E-state index in [0.29, 0.717) is 0 Å². The molecule has 0 heterocycles. The van der Waals surface area contributed by atoms with Crippen molar-refractivity contribution in [2.45, 2.75) is 6.92 Å². The maximum Gasteiger partial charge on any atom is 0.271 e. The van der Waals surface area contributed by atoms with Crippen LogP contribution in [0.25, 0.3) is 0 Å². The van der Waals surface area contributed by atoms with E-state index in [1.807, 2.05) is 50.2 Å². The molecule has 20 heavy (non-hydrogen) atoms. The molecular weight excluding hydrogens is 254 g/mol. The van der Waals surface area contributed by atoms with Crippen LogP contribution in [0.5, 0.6) is 0 Å². The van der Waals surface area contributed by atoms with E-state index in [-0.39, 0.29) is 10.6 Å². The van der Waals surface area contributed by atoms with Crippen molar-refractivity contribution in [1.82, 2.24) is 0 Å². The minimum absolute atomic E-state index is 0.0851. The summed E-state index contributed by atoms with van der Waals surface area (Å²) < 4.78 is 0. The lowest BCUT2D eigenvalue weighted by Crippen LogP contribution is -2.08. The van der Waals surface area contributed by atoms with Gasteiger partial charge in [-0.25, -0.2) is 0 Å². The molecule has 1 N–H and O–H groups in total. The molecule has 0 atom stereocenters. The number of hydrogen-bond acceptors (Lipinski definition) is 4. The fraction of sp³-hybridized carbons (Fsp3) is 0.200. The third kappa shape index (κ3) is 3.06. The van der Waals surface area contributed by atoms with Gasteiger partial charge in [-0.1, -0.05) is 12.1 Å². The Bertz CT molecular complexity index is 639. The van der Waals surface area contributed by atoms with Crippen molar-refractivity contribution in [1.29, 1.82) is 0 Å². The Labute approximate surface area is 118 Å². The first-order chi connectivity index (χ1) is 9.47. The monoisotopic (exact) mass is 271 g/mol. The highest BCUT2D eigenvalue weighted by atomic mass is 16.6. The zero-order chi connectivity index (χ0) is 14.7. The summed E-state index contributed by atoms with van der Waals surface area (Å²) in [5, 5.41) is 14.1. The first-order valence-electron chi connectivity index (χ1n) is 6.27. The van der Waals surface area contributed by atoms with Gasteiger partial charge in [-0.15, -0.1) is 0 Å². The van der Waals surface area contributed by atoms with Gasteiger partial charge in [0.15, 0.2) is 0 Å². The minimum atomic E-state index is -0.388. The van der Waals surface area contributed by atoms with Crippen molar-refractivity contribution >= 4 is 22.7 Å². The number of nitro groups is 1. The van der Waals surface area contributed by atoms with Gasteiger partial charge in [0, 0.05) is 43.3 Å². The second kappa shape index (κ2) is 5.61. The van der Waals surface area contributed by atoms with Crippen molar-refractivity contribution in [2.75, 3.05) is 24.3 Å². The number of non-ortho nitro benzene ring substituents is 1. The van der Waals surface area contributed by atoms with Gasteiger partial charge in [0.05, 0.1) is 4.92 Å². The van der Waals surface area contributed by atoms with Crippen LogP contribution in [0.15, 0.2) is 42.5 Å². The zero-order valence-corrected chi connectivity index (χ0v) is 11.8. The number of benzene rings is 2. The van der Waals surface area contributed by atoms with Crippen LogP contribution in [0.3, 0.4) is 0 Å². The second-order valence-corrected chi connectivity index (χ2v) is 4.83. The Morgan fingerprint density at radius 3 is 2.55 bits per heavy atom. The molecule has 0 spiro atoms. The molecule has 2 aromatic carbocycles. The summed E-state index contributed by atoms with van der Waals surface area (Å²) in [6.45, 7) is 1.92. The molecule has 0 aliphatic carbocycles. The van der Waals surface area contributed by atoms with Gasteiger partial charge in [0.25, 0.3) is 5.69 Å². The Morgan fingerprint density at radius 1 is 1.15 bits per heavy atom. The van der Waals surface area contributed by atoms with Gasteiger partial charge in [-0.2, -0.15) is 0 Å². The molecule has 0 aliphatic heterocycles. The van der Waals surface area contributed by atoms with Gasteiger partial charge in [0.2, 0.25) is 0 Å². The topological polar surface area (TPSA) is 58.4 Å². The molecule has 5 heteroatoms. The third-order valence-corrected chi connectivity index (χ3v) is 3.07. The average molecular weight is 271 g/mol. The summed E-state index contributed by atoms with van der Waals surface area (Å²) >= 11 is 0. The lowest BCUT2D eigenvalue weighted by atomic mass is 10.1. The molecule has 0 amide bonds. The molecule has 0 aliphatic rings. The standard InChI is InChI=1S/C15H17N3O2/c1-11-7-8-14(18(19)20)10-15(11)16-12-5-4-6-13(9-12)17(2)3/h4-10,16H,1-3H3. The predicted molar refractivity (Wildman–Crippen MR) is 81.9 cm³/mol. The summed E-state index contributed by atoms with van der Waals surface area (Å²) in [7, 11) is 3.94. The van der Waals surface area contributed by atoms with Crippen molar-refractivity contribution in [3.05, 3.63) is 58.1 Å². The molecule has 2 aromatic rings. The second-order valence-electron chi connectivity index (χ2n) is 4.83. The normalized spacial score (nSPS) is 10.2. The molecule has 5 nitrogen and oxygen atoms in total. The molecule has 0 fully saturated rings. The predicted octanol–water partition coefficient (Wildman–Crippen LogP) is 3.71. The summed E-state index contributed by atoms with van der Waals surface area (Å²) in [5.41, 5.74) is 3.76. The van der Waals surface area contributed by atoms with Crippen LogP contribution in [-0.2, 0) is 0 Å². The van der Waals surface area contributed by atoms with Crippen molar-refractivity contribution in [2.24, 2.45) is 0 Å². The molecule has 0 aromatic heterocycles. The summed E-state index contributed by atoms with van der Waals surface area (Å²) in [5.74, 6) is 0. The van der Waals surface area contributed by atoms with Gasteiger partial charge < -0.3 is 10.2 Å². The number of hydrogen-bond donors (Lipinski definition) is 1. The zero-order valence-electron chi connectivity index (χ0n) is 11.8. The minimum Gasteiger partial charge on any atom is -0.378 e. The third-order valence-electron chi connectivity index (χ3n) is 3.07. The number of nitrogens with zero attached hydrogens (tertiary/aromatic N) is 2. The average Bonchev–Trinajstić information content (AvgIpc) is 2.41. The SMILES string of the molecule is Cc1ccc([N+](=O)[O-])cc1Nc1cccc(N(C)C)c1. The van der Waals surface area contributed by atoms with Gasteiger partial charge in [0.1, 0.15) is 0 Å². The van der Waals surface area contributed by atoms with Crippen LogP contribution < -0.4 is 10.2 Å². The quantitative estimate of drug-likeness (QED) is 0.680. The largest absolute Gasteiger partial charge is 0.378 e. The van der Waals surface area contributed by atoms with Crippen LogP contribution >= 0.6 is 0 Å². The fourth-order valence-corrected chi connectivity index (χ4v) is 1.88. The van der Waals surface area contributed by atoms with Gasteiger partial charge >= 0.3 is 0 Å². The summed E-state index contributed by atoms with van der Waals surface area (Å²) in [6, 6.07) is 12.7. The van der Waals surface area contributed by atoms with Crippen LogP contribution in [0.1, 0.15) is 5.56 Å². The van der Waals surface area contributed by atoms with Gasteiger partial charge in [-0.05, 0) is 30.7 Å². The smallest absolute Gasteiger partial charge is 0.271 e. The highest BCUT2D eigenvalue weighted by Crippen LogP contribution is 2.27. The first kappa shape index (κ1) is 13.9. The van der Waals surface area contributed by atoms with E-state index in [1.165, 1.54) is 6.07 Å². The molecule has 2 rings (SSSR count). The molecule has 0 saturated carbocycles. The Hall–Kier alpha value is -2.56. The number of rotatable bonds is 4. The highest BCUT2D eigenvalue weighted by Gasteiger charge is 2.09. The number of anilines is 3. The van der Waals surface area contributed by atoms with Crippen LogP contribution in [0.4, 0.5) is 22.7 Å². The van der Waals surface area contributed by atoms with Crippen LogP contribution in [-0.4, -0.2) is 19.0 Å². The Kier molecular flexibility index (Phi) is 3.89. The highest BCUT2D eigenvalue weighted by molar-refractivity contribution is 5.68. The van der Waals surface area contributed by atoms with E-state index in [4.69, 9.17) is 0 Å². The van der Waals surface area contributed by atoms with Crippen LogP contribution in [0.2, 0.25) is 0 Å². The molecule has 0 unspecified atom stereocenters. The van der Waals surface area contributed by atoms with Crippen molar-refractivity contribution < 1.29 is 4.92 Å². The van der Waals surface area contributed by atoms with Gasteiger partial charge in [-0.3, -0.25) is 10.1 Å². The number of aryl methyl sites for hydroxylation is 1. The van der Waals surface area contributed by atoms with E-state index in [0.717, 1.165) is 22.6 Å². The maximum absolute atomic E-state index is 10.8. The molecule has 0 saturated heterocycles. The molecule has 0 bridgehead atoms. The Balaban J connectivity index is 2.32. The molecule has 0 radical (unpaired) electrons. The molecular formula is C15H17N3O2. The first-order valence-corrected chi connectivity index (χ1v) is 6.27. The number of nitro benzene ring substituents is 1. The lowest BCUT2D eigenvalue weighted by molar-refractivity contribution is -0.384. The Morgan fingerprint density at radius 2 is 1.90 bits per heavy atom. The van der Waals surface area contributed by atoms with Crippen LogP contribution in [0, 0.1) is 17.0 Å². The van der Waals surface area contributed by atoms with E-state index in [2.05, 4.69) is 5.32 Å². The van der Waals surface area contributed by atoms with Crippen molar-refractivity contribution in [3.8, 4) is 0 Å². The van der Waals surface area contributed by atoms with Crippen molar-refractivity contribution in [3.63, 3.8) is 0 Å². The van der Waals surface area contributed by atoms with E-state index < -0.39 is 0 Å². The maximum atomic E-state index is 10.8. The number of nitrogens with one attached hydrogen (secondary N) is 1.